The summed E-state index contributed by atoms with van der Waals surface area (Å²) in [4.78, 5) is 2.52. The van der Waals surface area contributed by atoms with Crippen LogP contribution in [0.15, 0.2) is 0 Å². The molecule has 0 aliphatic carbocycles. The first-order valence-corrected chi connectivity index (χ1v) is 5.36. The highest BCUT2D eigenvalue weighted by molar-refractivity contribution is 4.78. The molecule has 1 heterocycles. The normalized spacial score (nSPS) is 23.8. The van der Waals surface area contributed by atoms with Crippen LogP contribution in [0.2, 0.25) is 0 Å². The van der Waals surface area contributed by atoms with Crippen LogP contribution in [0.4, 0.5) is 0 Å². The molecule has 0 atom stereocenters. The van der Waals surface area contributed by atoms with Gasteiger partial charge in [-0.3, -0.25) is 4.90 Å². The Balaban J connectivity index is 2.26. The molecule has 13 heavy (non-hydrogen) atoms. The zero-order valence-electron chi connectivity index (χ0n) is 9.47. The summed E-state index contributed by atoms with van der Waals surface area (Å²) >= 11 is 0. The minimum atomic E-state index is 0.0647. The predicted octanol–water partition coefficient (Wildman–Crippen LogP) is 2.14. The average molecular weight is 185 g/mol. The molecule has 1 rings (SSSR count). The number of hydrogen-bond donors (Lipinski definition) is 0. The maximum Gasteiger partial charge on any atom is 0.0753 e. The highest BCUT2D eigenvalue weighted by Crippen LogP contribution is 2.17. The third-order valence-corrected chi connectivity index (χ3v) is 2.53. The van der Waals surface area contributed by atoms with E-state index in [0.29, 0.717) is 0 Å². The third kappa shape index (κ3) is 4.10. The van der Waals surface area contributed by atoms with Crippen molar-refractivity contribution in [2.45, 2.75) is 39.7 Å². The zero-order chi connectivity index (χ0) is 9.90. The molecule has 1 aliphatic heterocycles. The van der Waals surface area contributed by atoms with Gasteiger partial charge in [-0.1, -0.05) is 13.8 Å². The van der Waals surface area contributed by atoms with Gasteiger partial charge in [0.2, 0.25) is 0 Å². The van der Waals surface area contributed by atoms with Crippen LogP contribution in [-0.4, -0.2) is 36.7 Å². The van der Waals surface area contributed by atoms with Crippen molar-refractivity contribution >= 4 is 0 Å². The standard InChI is InChI=1S/C11H23NO/c1-10(2)5-6-12-7-8-13-11(3,4)9-12/h10H,5-9H2,1-4H3. The van der Waals surface area contributed by atoms with Crippen molar-refractivity contribution in [2.75, 3.05) is 26.2 Å². The van der Waals surface area contributed by atoms with Crippen molar-refractivity contribution in [3.8, 4) is 0 Å². The second-order valence-corrected chi connectivity index (χ2v) is 5.07. The lowest BCUT2D eigenvalue weighted by Gasteiger charge is -2.38. The van der Waals surface area contributed by atoms with Gasteiger partial charge in [0.15, 0.2) is 0 Å². The Labute approximate surface area is 82.3 Å². The molecule has 0 N–H and O–H groups in total. The molecule has 0 aromatic carbocycles. The number of rotatable bonds is 3. The van der Waals surface area contributed by atoms with Crippen LogP contribution in [0.3, 0.4) is 0 Å². The van der Waals surface area contributed by atoms with Crippen LogP contribution in [0.25, 0.3) is 0 Å². The molecule has 0 saturated carbocycles. The minimum Gasteiger partial charge on any atom is -0.373 e. The first kappa shape index (κ1) is 11.0. The van der Waals surface area contributed by atoms with Crippen molar-refractivity contribution in [3.63, 3.8) is 0 Å². The smallest absolute Gasteiger partial charge is 0.0753 e. The molecular weight excluding hydrogens is 162 g/mol. The van der Waals surface area contributed by atoms with Gasteiger partial charge in [0.25, 0.3) is 0 Å². The van der Waals surface area contributed by atoms with E-state index in [0.717, 1.165) is 25.6 Å². The van der Waals surface area contributed by atoms with Crippen LogP contribution >= 0.6 is 0 Å². The maximum absolute atomic E-state index is 5.66. The lowest BCUT2D eigenvalue weighted by atomic mass is 10.1. The molecule has 0 amide bonds. The number of hydrogen-bond acceptors (Lipinski definition) is 2. The first-order valence-electron chi connectivity index (χ1n) is 5.36. The van der Waals surface area contributed by atoms with Crippen molar-refractivity contribution < 1.29 is 4.74 Å². The summed E-state index contributed by atoms with van der Waals surface area (Å²) < 4.78 is 5.66. The molecular formula is C11H23NO. The summed E-state index contributed by atoms with van der Waals surface area (Å²) in [6.45, 7) is 13.2. The fraction of sp³-hybridized carbons (Fsp3) is 1.00. The molecule has 0 spiro atoms. The fourth-order valence-electron chi connectivity index (χ4n) is 1.75. The van der Waals surface area contributed by atoms with E-state index in [-0.39, 0.29) is 5.60 Å². The topological polar surface area (TPSA) is 12.5 Å². The molecule has 1 fully saturated rings. The lowest BCUT2D eigenvalue weighted by Crippen LogP contribution is -2.48. The Bertz CT molecular complexity index is 154. The van der Waals surface area contributed by atoms with Crippen LogP contribution < -0.4 is 0 Å². The Morgan fingerprint density at radius 2 is 2.08 bits per heavy atom. The van der Waals surface area contributed by atoms with E-state index >= 15 is 0 Å². The molecule has 0 unspecified atom stereocenters. The Kier molecular flexibility index (Phi) is 3.74. The Morgan fingerprint density at radius 3 is 2.62 bits per heavy atom. The predicted molar refractivity (Wildman–Crippen MR) is 55.9 cm³/mol. The fourth-order valence-corrected chi connectivity index (χ4v) is 1.75. The summed E-state index contributed by atoms with van der Waals surface area (Å²) in [7, 11) is 0. The van der Waals surface area contributed by atoms with Crippen LogP contribution in [0, 0.1) is 5.92 Å². The van der Waals surface area contributed by atoms with E-state index in [1.165, 1.54) is 13.0 Å². The van der Waals surface area contributed by atoms with E-state index in [9.17, 15) is 0 Å². The van der Waals surface area contributed by atoms with Gasteiger partial charge in [0.1, 0.15) is 0 Å². The summed E-state index contributed by atoms with van der Waals surface area (Å²) in [5.41, 5.74) is 0.0647. The van der Waals surface area contributed by atoms with Crippen molar-refractivity contribution in [1.29, 1.82) is 0 Å². The van der Waals surface area contributed by atoms with Crippen molar-refractivity contribution in [1.82, 2.24) is 4.90 Å². The molecule has 78 valence electrons. The number of nitrogens with zero attached hydrogens (tertiary/aromatic N) is 1. The van der Waals surface area contributed by atoms with Gasteiger partial charge in [-0.15, -0.1) is 0 Å². The highest BCUT2D eigenvalue weighted by Gasteiger charge is 2.26. The van der Waals surface area contributed by atoms with Gasteiger partial charge in [0, 0.05) is 13.1 Å². The van der Waals surface area contributed by atoms with E-state index in [4.69, 9.17) is 4.74 Å². The SMILES string of the molecule is CC(C)CCN1CCOC(C)(C)C1. The van der Waals surface area contributed by atoms with Crippen LogP contribution in [0.1, 0.15) is 34.1 Å². The number of morpholine rings is 1. The summed E-state index contributed by atoms with van der Waals surface area (Å²) in [6, 6.07) is 0. The van der Waals surface area contributed by atoms with Gasteiger partial charge in [0.05, 0.1) is 12.2 Å². The highest BCUT2D eigenvalue weighted by atomic mass is 16.5. The van der Waals surface area contributed by atoms with Gasteiger partial charge >= 0.3 is 0 Å². The van der Waals surface area contributed by atoms with Gasteiger partial charge in [-0.05, 0) is 32.7 Å². The summed E-state index contributed by atoms with van der Waals surface area (Å²) in [5, 5.41) is 0. The van der Waals surface area contributed by atoms with Crippen LogP contribution in [0.5, 0.6) is 0 Å². The Morgan fingerprint density at radius 1 is 1.38 bits per heavy atom. The summed E-state index contributed by atoms with van der Waals surface area (Å²) in [5.74, 6) is 0.811. The van der Waals surface area contributed by atoms with Crippen molar-refractivity contribution in [2.24, 2.45) is 5.92 Å². The molecule has 2 nitrogen and oxygen atoms in total. The van der Waals surface area contributed by atoms with E-state index in [1.54, 1.807) is 0 Å². The van der Waals surface area contributed by atoms with E-state index in [2.05, 4.69) is 32.6 Å². The van der Waals surface area contributed by atoms with Crippen molar-refractivity contribution in [3.05, 3.63) is 0 Å². The average Bonchev–Trinajstić information content (AvgIpc) is 1.99. The van der Waals surface area contributed by atoms with Gasteiger partial charge in [-0.25, -0.2) is 0 Å². The molecule has 0 bridgehead atoms. The molecule has 2 heteroatoms. The van der Waals surface area contributed by atoms with Gasteiger partial charge < -0.3 is 4.74 Å². The molecule has 0 aromatic heterocycles. The summed E-state index contributed by atoms with van der Waals surface area (Å²) in [6.07, 6.45) is 1.30. The molecule has 0 aromatic rings. The van der Waals surface area contributed by atoms with E-state index < -0.39 is 0 Å². The van der Waals surface area contributed by atoms with E-state index in [1.807, 2.05) is 0 Å². The quantitative estimate of drug-likeness (QED) is 0.668. The van der Waals surface area contributed by atoms with Crippen LogP contribution in [-0.2, 0) is 4.74 Å². The molecule has 1 saturated heterocycles. The second-order valence-electron chi connectivity index (χ2n) is 5.07. The van der Waals surface area contributed by atoms with Gasteiger partial charge in [-0.2, -0.15) is 0 Å². The molecule has 1 aliphatic rings. The third-order valence-electron chi connectivity index (χ3n) is 2.53. The Hall–Kier alpha value is -0.0800. The minimum absolute atomic E-state index is 0.0647. The lowest BCUT2D eigenvalue weighted by molar-refractivity contribution is -0.0865. The largest absolute Gasteiger partial charge is 0.373 e. The molecule has 0 radical (unpaired) electrons. The number of ether oxygens (including phenoxy) is 1. The monoisotopic (exact) mass is 185 g/mol. The maximum atomic E-state index is 5.66. The zero-order valence-corrected chi connectivity index (χ0v) is 9.47. The second kappa shape index (κ2) is 4.43. The first-order chi connectivity index (χ1) is 5.99.